The first-order valence-electron chi connectivity index (χ1n) is 3.58. The minimum Gasteiger partial charge on any atom is -0.488 e. The van der Waals surface area contributed by atoms with Gasteiger partial charge in [0, 0.05) is 0 Å². The summed E-state index contributed by atoms with van der Waals surface area (Å²) >= 11 is 0. The standard InChI is InChI=1S/C10H9NO/c1-9(7-11)8-12-10-5-3-2-4-6-10/h2-6H,1,8H2. The lowest BCUT2D eigenvalue weighted by molar-refractivity contribution is 0.357. The summed E-state index contributed by atoms with van der Waals surface area (Å²) in [5.74, 6) is 0.758. The van der Waals surface area contributed by atoms with Crippen LogP contribution >= 0.6 is 0 Å². The summed E-state index contributed by atoms with van der Waals surface area (Å²) in [6.45, 7) is 3.77. The van der Waals surface area contributed by atoms with Gasteiger partial charge in [-0.1, -0.05) is 24.8 Å². The number of rotatable bonds is 3. The highest BCUT2D eigenvalue weighted by molar-refractivity contribution is 5.23. The number of hydrogen-bond donors (Lipinski definition) is 0. The van der Waals surface area contributed by atoms with Crippen molar-refractivity contribution in [3.8, 4) is 11.8 Å². The van der Waals surface area contributed by atoms with Crippen molar-refractivity contribution in [2.24, 2.45) is 0 Å². The van der Waals surface area contributed by atoms with Gasteiger partial charge >= 0.3 is 0 Å². The summed E-state index contributed by atoms with van der Waals surface area (Å²) in [4.78, 5) is 0. The maximum Gasteiger partial charge on any atom is 0.123 e. The van der Waals surface area contributed by atoms with Crippen molar-refractivity contribution in [2.75, 3.05) is 6.61 Å². The van der Waals surface area contributed by atoms with Crippen LogP contribution in [0.5, 0.6) is 5.75 Å². The highest BCUT2D eigenvalue weighted by Crippen LogP contribution is 2.08. The van der Waals surface area contributed by atoms with Gasteiger partial charge in [0.2, 0.25) is 0 Å². The molecule has 2 heteroatoms. The molecule has 60 valence electrons. The van der Waals surface area contributed by atoms with Crippen LogP contribution < -0.4 is 4.74 Å². The molecule has 1 rings (SSSR count). The molecule has 0 saturated heterocycles. The first kappa shape index (κ1) is 8.35. The van der Waals surface area contributed by atoms with E-state index in [4.69, 9.17) is 10.00 Å². The Labute approximate surface area is 71.7 Å². The highest BCUT2D eigenvalue weighted by Gasteiger charge is 1.92. The van der Waals surface area contributed by atoms with Gasteiger partial charge in [0.1, 0.15) is 12.4 Å². The molecule has 0 aliphatic rings. The Balaban J connectivity index is 2.45. The number of ether oxygens (including phenoxy) is 1. The van der Waals surface area contributed by atoms with Gasteiger partial charge in [0.25, 0.3) is 0 Å². The molecule has 1 aromatic rings. The fourth-order valence-corrected chi connectivity index (χ4v) is 0.719. The van der Waals surface area contributed by atoms with E-state index in [9.17, 15) is 0 Å². The summed E-state index contributed by atoms with van der Waals surface area (Å²) in [6, 6.07) is 11.3. The smallest absolute Gasteiger partial charge is 0.123 e. The van der Waals surface area contributed by atoms with Crippen LogP contribution in [-0.4, -0.2) is 6.61 Å². The van der Waals surface area contributed by atoms with E-state index in [-0.39, 0.29) is 6.61 Å². The lowest BCUT2D eigenvalue weighted by atomic mass is 10.3. The quantitative estimate of drug-likeness (QED) is 0.633. The molecule has 0 spiro atoms. The lowest BCUT2D eigenvalue weighted by Crippen LogP contribution is -1.97. The van der Waals surface area contributed by atoms with E-state index < -0.39 is 0 Å². The monoisotopic (exact) mass is 159 g/mol. The molecule has 12 heavy (non-hydrogen) atoms. The van der Waals surface area contributed by atoms with E-state index >= 15 is 0 Å². The van der Waals surface area contributed by atoms with Crippen molar-refractivity contribution < 1.29 is 4.74 Å². The van der Waals surface area contributed by atoms with Gasteiger partial charge in [-0.2, -0.15) is 5.26 Å². The zero-order valence-corrected chi connectivity index (χ0v) is 6.66. The third-order valence-electron chi connectivity index (χ3n) is 1.31. The molecule has 0 fully saturated rings. The number of para-hydroxylation sites is 1. The Kier molecular flexibility index (Phi) is 2.92. The van der Waals surface area contributed by atoms with Crippen molar-refractivity contribution in [1.82, 2.24) is 0 Å². The van der Waals surface area contributed by atoms with E-state index in [0.717, 1.165) is 5.75 Å². The Bertz CT molecular complexity index is 297. The second-order valence-corrected chi connectivity index (χ2v) is 2.32. The van der Waals surface area contributed by atoms with Gasteiger partial charge in [-0.05, 0) is 12.1 Å². The van der Waals surface area contributed by atoms with Crippen LogP contribution in [0.25, 0.3) is 0 Å². The normalized spacial score (nSPS) is 8.58. The predicted molar refractivity (Wildman–Crippen MR) is 46.7 cm³/mol. The number of hydrogen-bond acceptors (Lipinski definition) is 2. The summed E-state index contributed by atoms with van der Waals surface area (Å²) in [5.41, 5.74) is 0.429. The zero-order chi connectivity index (χ0) is 8.81. The van der Waals surface area contributed by atoms with Gasteiger partial charge in [-0.15, -0.1) is 0 Å². The fraction of sp³-hybridized carbons (Fsp3) is 0.100. The molecule has 0 amide bonds. The second kappa shape index (κ2) is 4.20. The number of nitriles is 1. The molecule has 0 saturated carbocycles. The predicted octanol–water partition coefficient (Wildman–Crippen LogP) is 2.15. The van der Waals surface area contributed by atoms with E-state index in [1.165, 1.54) is 0 Å². The first-order valence-corrected chi connectivity index (χ1v) is 3.58. The molecule has 0 radical (unpaired) electrons. The molecular weight excluding hydrogens is 150 g/mol. The van der Waals surface area contributed by atoms with Crippen LogP contribution in [-0.2, 0) is 0 Å². The summed E-state index contributed by atoms with van der Waals surface area (Å²) < 4.78 is 5.24. The molecule has 0 aliphatic carbocycles. The van der Waals surface area contributed by atoms with E-state index in [2.05, 4.69) is 6.58 Å². The third-order valence-corrected chi connectivity index (χ3v) is 1.31. The van der Waals surface area contributed by atoms with Crippen molar-refractivity contribution in [3.05, 3.63) is 42.5 Å². The van der Waals surface area contributed by atoms with Crippen molar-refractivity contribution in [1.29, 1.82) is 5.26 Å². The fourth-order valence-electron chi connectivity index (χ4n) is 0.719. The molecule has 2 nitrogen and oxygen atoms in total. The summed E-state index contributed by atoms with van der Waals surface area (Å²) in [7, 11) is 0. The highest BCUT2D eigenvalue weighted by atomic mass is 16.5. The minimum absolute atomic E-state index is 0.264. The Hall–Kier alpha value is -1.75. The van der Waals surface area contributed by atoms with Gasteiger partial charge in [-0.25, -0.2) is 0 Å². The largest absolute Gasteiger partial charge is 0.488 e. The van der Waals surface area contributed by atoms with E-state index in [1.54, 1.807) is 0 Å². The van der Waals surface area contributed by atoms with Crippen LogP contribution in [0.1, 0.15) is 0 Å². The summed E-state index contributed by atoms with van der Waals surface area (Å²) in [5, 5.41) is 8.38. The first-order chi connectivity index (χ1) is 5.83. The topological polar surface area (TPSA) is 33.0 Å². The van der Waals surface area contributed by atoms with Crippen molar-refractivity contribution in [3.63, 3.8) is 0 Å². The van der Waals surface area contributed by atoms with Gasteiger partial charge < -0.3 is 4.74 Å². The van der Waals surface area contributed by atoms with Crippen LogP contribution in [0, 0.1) is 11.3 Å². The Morgan fingerprint density at radius 2 is 2.08 bits per heavy atom. The van der Waals surface area contributed by atoms with Gasteiger partial charge in [-0.3, -0.25) is 0 Å². The second-order valence-electron chi connectivity index (χ2n) is 2.32. The summed E-state index contributed by atoms with van der Waals surface area (Å²) in [6.07, 6.45) is 0. The number of benzene rings is 1. The van der Waals surface area contributed by atoms with Crippen LogP contribution in [0.2, 0.25) is 0 Å². The molecule has 1 aromatic carbocycles. The lowest BCUT2D eigenvalue weighted by Gasteiger charge is -2.02. The van der Waals surface area contributed by atoms with E-state index in [0.29, 0.717) is 5.57 Å². The molecule has 0 N–H and O–H groups in total. The van der Waals surface area contributed by atoms with Crippen molar-refractivity contribution in [2.45, 2.75) is 0 Å². The molecule has 0 atom stereocenters. The molecule has 0 unspecified atom stereocenters. The minimum atomic E-state index is 0.264. The molecular formula is C10H9NO. The SMILES string of the molecule is C=C(C#N)COc1ccccc1. The molecule has 0 bridgehead atoms. The zero-order valence-electron chi connectivity index (χ0n) is 6.66. The number of nitrogens with zero attached hydrogens (tertiary/aromatic N) is 1. The maximum atomic E-state index is 8.38. The van der Waals surface area contributed by atoms with Crippen LogP contribution in [0.3, 0.4) is 0 Å². The maximum absolute atomic E-state index is 8.38. The van der Waals surface area contributed by atoms with Gasteiger partial charge in [0.05, 0.1) is 11.6 Å². The van der Waals surface area contributed by atoms with Gasteiger partial charge in [0.15, 0.2) is 0 Å². The average Bonchev–Trinajstić information content (AvgIpc) is 2.16. The Morgan fingerprint density at radius 3 is 2.67 bits per heavy atom. The molecule has 0 aromatic heterocycles. The van der Waals surface area contributed by atoms with E-state index in [1.807, 2.05) is 36.4 Å². The molecule has 0 aliphatic heterocycles. The average molecular weight is 159 g/mol. The van der Waals surface area contributed by atoms with Crippen LogP contribution in [0.4, 0.5) is 0 Å². The van der Waals surface area contributed by atoms with Crippen molar-refractivity contribution >= 4 is 0 Å². The Morgan fingerprint density at radius 1 is 1.42 bits per heavy atom. The third kappa shape index (κ3) is 2.47. The molecule has 0 heterocycles. The van der Waals surface area contributed by atoms with Crippen LogP contribution in [0.15, 0.2) is 42.5 Å².